The zero-order valence-electron chi connectivity index (χ0n) is 15.4. The maximum atomic E-state index is 12.5. The van der Waals surface area contributed by atoms with Crippen molar-refractivity contribution < 1.29 is 14.3 Å². The Morgan fingerprint density at radius 1 is 1.25 bits per heavy atom. The van der Waals surface area contributed by atoms with Crippen LogP contribution in [0.1, 0.15) is 5.56 Å². The lowest BCUT2D eigenvalue weighted by molar-refractivity contribution is -0.112. The molecule has 1 N–H and O–H groups in total. The fraction of sp³-hybridized carbons (Fsp3) is 0.238. The number of carbonyl (C=O) groups is 1. The van der Waals surface area contributed by atoms with Gasteiger partial charge in [0, 0.05) is 34.5 Å². The molecule has 0 unspecified atom stereocenters. The third kappa shape index (κ3) is 4.91. The first-order valence-corrected chi connectivity index (χ1v) is 9.59. The summed E-state index contributed by atoms with van der Waals surface area (Å²) in [6, 6.07) is 14.9. The number of ether oxygens (including phenoxy) is 2. The molecular formula is C21H20BrN3O3. The summed E-state index contributed by atoms with van der Waals surface area (Å²) in [5, 5.41) is 12.2. The fourth-order valence-electron chi connectivity index (χ4n) is 2.90. The Morgan fingerprint density at radius 2 is 1.96 bits per heavy atom. The lowest BCUT2D eigenvalue weighted by Gasteiger charge is -2.28. The quantitative estimate of drug-likeness (QED) is 0.563. The highest BCUT2D eigenvalue weighted by molar-refractivity contribution is 9.10. The summed E-state index contributed by atoms with van der Waals surface area (Å²) >= 11 is 3.39. The van der Waals surface area contributed by atoms with E-state index in [-0.39, 0.29) is 5.57 Å². The number of morpholine rings is 1. The summed E-state index contributed by atoms with van der Waals surface area (Å²) in [6.45, 7) is 3.13. The van der Waals surface area contributed by atoms with Crippen molar-refractivity contribution in [1.29, 1.82) is 5.26 Å². The molecule has 144 valence electrons. The van der Waals surface area contributed by atoms with Crippen molar-refractivity contribution >= 4 is 39.3 Å². The van der Waals surface area contributed by atoms with Gasteiger partial charge in [-0.1, -0.05) is 15.9 Å². The van der Waals surface area contributed by atoms with Gasteiger partial charge in [0.15, 0.2) is 0 Å². The van der Waals surface area contributed by atoms with Gasteiger partial charge >= 0.3 is 0 Å². The van der Waals surface area contributed by atoms with Gasteiger partial charge in [-0.15, -0.1) is 0 Å². The van der Waals surface area contributed by atoms with Crippen LogP contribution in [-0.2, 0) is 9.53 Å². The summed E-state index contributed by atoms with van der Waals surface area (Å²) in [7, 11) is 1.54. The molecule has 0 atom stereocenters. The van der Waals surface area contributed by atoms with E-state index in [4.69, 9.17) is 9.47 Å². The van der Waals surface area contributed by atoms with Crippen molar-refractivity contribution in [2.75, 3.05) is 43.6 Å². The monoisotopic (exact) mass is 441 g/mol. The molecule has 28 heavy (non-hydrogen) atoms. The third-order valence-corrected chi connectivity index (χ3v) is 4.85. The molecule has 3 rings (SSSR count). The molecule has 1 amide bonds. The van der Waals surface area contributed by atoms with Crippen LogP contribution in [0.15, 0.2) is 52.5 Å². The highest BCUT2D eigenvalue weighted by atomic mass is 79.9. The standard InChI is InChI=1S/C21H20BrN3O3/c1-27-20-7-2-17(22)13-15(20)12-16(14-23)21(26)24-18-3-5-19(6-4-18)25-8-10-28-11-9-25/h2-7,12-13H,8-11H2,1H3,(H,24,26)/b16-12+. The normalized spacial score (nSPS) is 14.3. The van der Waals surface area contributed by atoms with Crippen molar-refractivity contribution in [2.24, 2.45) is 0 Å². The summed E-state index contributed by atoms with van der Waals surface area (Å²) in [4.78, 5) is 14.8. The number of carbonyl (C=O) groups excluding carboxylic acids is 1. The zero-order chi connectivity index (χ0) is 19.9. The molecular weight excluding hydrogens is 422 g/mol. The van der Waals surface area contributed by atoms with E-state index in [2.05, 4.69) is 26.1 Å². The van der Waals surface area contributed by atoms with Crippen molar-refractivity contribution in [3.63, 3.8) is 0 Å². The van der Waals surface area contributed by atoms with Gasteiger partial charge in [-0.05, 0) is 48.5 Å². The molecule has 2 aromatic rings. The van der Waals surface area contributed by atoms with Crippen molar-refractivity contribution in [2.45, 2.75) is 0 Å². The smallest absolute Gasteiger partial charge is 0.266 e. The largest absolute Gasteiger partial charge is 0.496 e. The van der Waals surface area contributed by atoms with Gasteiger partial charge in [0.05, 0.1) is 20.3 Å². The minimum atomic E-state index is -0.469. The van der Waals surface area contributed by atoms with Crippen LogP contribution in [0.25, 0.3) is 6.08 Å². The summed E-state index contributed by atoms with van der Waals surface area (Å²) in [6.07, 6.45) is 1.51. The number of hydrogen-bond donors (Lipinski definition) is 1. The second kappa shape index (κ2) is 9.40. The Balaban J connectivity index is 1.74. The molecule has 0 aromatic heterocycles. The van der Waals surface area contributed by atoms with Crippen molar-refractivity contribution in [3.8, 4) is 11.8 Å². The molecule has 1 saturated heterocycles. The van der Waals surface area contributed by atoms with E-state index in [1.807, 2.05) is 36.4 Å². The van der Waals surface area contributed by atoms with Gasteiger partial charge in [0.1, 0.15) is 17.4 Å². The van der Waals surface area contributed by atoms with Crippen LogP contribution in [0.5, 0.6) is 5.75 Å². The minimum absolute atomic E-state index is 0.00587. The van der Waals surface area contributed by atoms with Crippen LogP contribution in [0.2, 0.25) is 0 Å². The first kappa shape index (κ1) is 19.9. The Labute approximate surface area is 172 Å². The van der Waals surface area contributed by atoms with E-state index in [0.29, 0.717) is 30.2 Å². The first-order valence-electron chi connectivity index (χ1n) is 8.80. The Hall–Kier alpha value is -2.82. The molecule has 2 aromatic carbocycles. The number of anilines is 2. The molecule has 0 radical (unpaired) electrons. The van der Waals surface area contributed by atoms with Crippen molar-refractivity contribution in [3.05, 3.63) is 58.1 Å². The number of methoxy groups -OCH3 is 1. The van der Waals surface area contributed by atoms with Gasteiger partial charge in [-0.3, -0.25) is 4.79 Å². The van der Waals surface area contributed by atoms with Gasteiger partial charge < -0.3 is 19.7 Å². The predicted octanol–water partition coefficient (Wildman–Crippen LogP) is 3.84. The average Bonchev–Trinajstić information content (AvgIpc) is 2.73. The van der Waals surface area contributed by atoms with E-state index < -0.39 is 5.91 Å². The molecule has 7 heteroatoms. The number of halogens is 1. The number of hydrogen-bond acceptors (Lipinski definition) is 5. The number of amides is 1. The minimum Gasteiger partial charge on any atom is -0.496 e. The van der Waals surface area contributed by atoms with Gasteiger partial charge in [0.2, 0.25) is 0 Å². The average molecular weight is 442 g/mol. The van der Waals surface area contributed by atoms with Crippen LogP contribution >= 0.6 is 15.9 Å². The first-order chi connectivity index (χ1) is 13.6. The topological polar surface area (TPSA) is 74.6 Å². The maximum absolute atomic E-state index is 12.5. The number of rotatable bonds is 5. The van der Waals surface area contributed by atoms with Gasteiger partial charge in [0.25, 0.3) is 5.91 Å². The van der Waals surface area contributed by atoms with Crippen LogP contribution in [0.4, 0.5) is 11.4 Å². The summed E-state index contributed by atoms with van der Waals surface area (Å²) in [5.74, 6) is 0.113. The van der Waals surface area contributed by atoms with Crippen LogP contribution in [-0.4, -0.2) is 39.3 Å². The number of nitriles is 1. The molecule has 0 spiro atoms. The predicted molar refractivity (Wildman–Crippen MR) is 112 cm³/mol. The number of nitrogens with one attached hydrogen (secondary N) is 1. The highest BCUT2D eigenvalue weighted by Gasteiger charge is 2.13. The number of nitrogens with zero attached hydrogens (tertiary/aromatic N) is 2. The lowest BCUT2D eigenvalue weighted by atomic mass is 10.1. The molecule has 0 aliphatic carbocycles. The Bertz CT molecular complexity index is 913. The van der Waals surface area contributed by atoms with Gasteiger partial charge in [-0.25, -0.2) is 0 Å². The van der Waals surface area contributed by atoms with E-state index in [1.54, 1.807) is 19.2 Å². The van der Waals surface area contributed by atoms with Crippen molar-refractivity contribution in [1.82, 2.24) is 0 Å². The van der Waals surface area contributed by atoms with Crippen LogP contribution < -0.4 is 15.0 Å². The maximum Gasteiger partial charge on any atom is 0.266 e. The molecule has 1 fully saturated rings. The fourth-order valence-corrected chi connectivity index (χ4v) is 3.28. The summed E-state index contributed by atoms with van der Waals surface area (Å²) in [5.41, 5.74) is 2.35. The SMILES string of the molecule is COc1ccc(Br)cc1/C=C(\C#N)C(=O)Nc1ccc(N2CCOCC2)cc1. The lowest BCUT2D eigenvalue weighted by Crippen LogP contribution is -2.36. The molecule has 1 heterocycles. The molecule has 0 saturated carbocycles. The molecule has 0 bridgehead atoms. The molecule has 1 aliphatic rings. The zero-order valence-corrected chi connectivity index (χ0v) is 17.0. The van der Waals surface area contributed by atoms with Crippen LogP contribution in [0, 0.1) is 11.3 Å². The Morgan fingerprint density at radius 3 is 2.61 bits per heavy atom. The molecule has 6 nitrogen and oxygen atoms in total. The van der Waals surface area contributed by atoms with E-state index in [9.17, 15) is 10.1 Å². The van der Waals surface area contributed by atoms with Gasteiger partial charge in [-0.2, -0.15) is 5.26 Å². The highest BCUT2D eigenvalue weighted by Crippen LogP contribution is 2.26. The van der Waals surface area contributed by atoms with E-state index >= 15 is 0 Å². The van der Waals surface area contributed by atoms with Crippen LogP contribution in [0.3, 0.4) is 0 Å². The molecule has 1 aliphatic heterocycles. The summed E-state index contributed by atoms with van der Waals surface area (Å²) < 4.78 is 11.5. The number of benzene rings is 2. The van der Waals surface area contributed by atoms with E-state index in [0.717, 1.165) is 23.2 Å². The Kier molecular flexibility index (Phi) is 6.69. The van der Waals surface area contributed by atoms with E-state index in [1.165, 1.54) is 6.08 Å². The third-order valence-electron chi connectivity index (χ3n) is 4.36. The second-order valence-electron chi connectivity index (χ2n) is 6.16. The second-order valence-corrected chi connectivity index (χ2v) is 7.07.